The fourth-order valence-electron chi connectivity index (χ4n) is 1.75. The van der Waals surface area contributed by atoms with E-state index < -0.39 is 0 Å². The molecule has 1 heterocycles. The number of carbonyl (C=O) groups excluding carboxylic acids is 1. The van der Waals surface area contributed by atoms with Crippen molar-refractivity contribution in [3.63, 3.8) is 0 Å². The molecule has 20 heavy (non-hydrogen) atoms. The third-order valence-corrected chi connectivity index (χ3v) is 4.02. The van der Waals surface area contributed by atoms with Crippen LogP contribution in [0.3, 0.4) is 0 Å². The van der Waals surface area contributed by atoms with Crippen molar-refractivity contribution in [2.45, 2.75) is 13.3 Å². The van der Waals surface area contributed by atoms with Crippen molar-refractivity contribution in [3.05, 3.63) is 52.2 Å². The molecule has 2 aromatic rings. The minimum absolute atomic E-state index is 0.00197. The summed E-state index contributed by atoms with van der Waals surface area (Å²) in [6.45, 7) is 2.83. The highest BCUT2D eigenvalue weighted by Gasteiger charge is 2.09. The molecule has 0 aliphatic heterocycles. The fraction of sp³-hybridized carbons (Fsp3) is 0.312. The number of likely N-dealkylation sites (N-methyl/N-ethyl adjacent to an activating group) is 1. The summed E-state index contributed by atoms with van der Waals surface area (Å²) in [5.41, 5.74) is 1.18. The first-order chi connectivity index (χ1) is 9.65. The summed E-state index contributed by atoms with van der Waals surface area (Å²) in [7, 11) is 1.81. The molecule has 0 aliphatic rings. The van der Waals surface area contributed by atoms with Crippen molar-refractivity contribution in [2.75, 3.05) is 20.2 Å². The molecule has 3 nitrogen and oxygen atoms in total. The van der Waals surface area contributed by atoms with E-state index in [1.807, 2.05) is 44.3 Å². The van der Waals surface area contributed by atoms with Gasteiger partial charge in [-0.05, 0) is 36.9 Å². The molecule has 0 N–H and O–H groups in total. The van der Waals surface area contributed by atoms with Crippen molar-refractivity contribution in [3.8, 4) is 5.75 Å². The van der Waals surface area contributed by atoms with Crippen LogP contribution in [-0.4, -0.2) is 31.0 Å². The van der Waals surface area contributed by atoms with Crippen LogP contribution in [0.25, 0.3) is 0 Å². The number of thiophene rings is 1. The maximum absolute atomic E-state index is 11.9. The van der Waals surface area contributed by atoms with Gasteiger partial charge in [-0.2, -0.15) is 0 Å². The number of carbonyl (C=O) groups is 1. The van der Waals surface area contributed by atoms with Gasteiger partial charge in [0.15, 0.2) is 6.61 Å². The molecule has 1 aromatic heterocycles. The molecular weight excluding hydrogens is 270 g/mol. The van der Waals surface area contributed by atoms with Crippen LogP contribution in [-0.2, 0) is 11.2 Å². The van der Waals surface area contributed by atoms with Gasteiger partial charge in [0.05, 0.1) is 0 Å². The molecule has 106 valence electrons. The van der Waals surface area contributed by atoms with E-state index >= 15 is 0 Å². The zero-order chi connectivity index (χ0) is 14.4. The molecule has 0 saturated carbocycles. The van der Waals surface area contributed by atoms with E-state index in [1.54, 1.807) is 16.2 Å². The van der Waals surface area contributed by atoms with Gasteiger partial charge in [0.2, 0.25) is 0 Å². The first-order valence-electron chi connectivity index (χ1n) is 6.61. The Labute approximate surface area is 123 Å². The molecule has 4 heteroatoms. The minimum Gasteiger partial charge on any atom is -0.484 e. The zero-order valence-corrected chi connectivity index (χ0v) is 12.7. The Kier molecular flexibility index (Phi) is 5.18. The van der Waals surface area contributed by atoms with Gasteiger partial charge in [-0.3, -0.25) is 4.79 Å². The zero-order valence-electron chi connectivity index (χ0n) is 11.8. The lowest BCUT2D eigenvalue weighted by Crippen LogP contribution is -2.32. The highest BCUT2D eigenvalue weighted by atomic mass is 32.1. The average Bonchev–Trinajstić information content (AvgIpc) is 2.97. The second-order valence-corrected chi connectivity index (χ2v) is 5.78. The van der Waals surface area contributed by atoms with E-state index in [2.05, 4.69) is 11.4 Å². The van der Waals surface area contributed by atoms with Crippen LogP contribution < -0.4 is 4.74 Å². The van der Waals surface area contributed by atoms with Crippen LogP contribution >= 0.6 is 11.3 Å². The summed E-state index contributed by atoms with van der Waals surface area (Å²) in [5.74, 6) is 0.734. The molecule has 1 amide bonds. The number of rotatable bonds is 6. The van der Waals surface area contributed by atoms with E-state index in [1.165, 1.54) is 10.4 Å². The predicted octanol–water partition coefficient (Wildman–Crippen LogP) is 3.14. The van der Waals surface area contributed by atoms with Gasteiger partial charge in [-0.25, -0.2) is 0 Å². The summed E-state index contributed by atoms with van der Waals surface area (Å²) < 4.78 is 5.49. The molecule has 0 unspecified atom stereocenters. The summed E-state index contributed by atoms with van der Waals surface area (Å²) in [6.07, 6.45) is 0.893. The van der Waals surface area contributed by atoms with Gasteiger partial charge in [0.1, 0.15) is 5.75 Å². The van der Waals surface area contributed by atoms with Crippen molar-refractivity contribution in [2.24, 2.45) is 0 Å². The Morgan fingerprint density at radius 1 is 1.25 bits per heavy atom. The third-order valence-electron chi connectivity index (χ3n) is 3.08. The Bertz CT molecular complexity index is 534. The molecule has 1 aromatic carbocycles. The second-order valence-electron chi connectivity index (χ2n) is 4.75. The normalized spacial score (nSPS) is 10.3. The number of benzene rings is 1. The van der Waals surface area contributed by atoms with Gasteiger partial charge < -0.3 is 9.64 Å². The first-order valence-corrected chi connectivity index (χ1v) is 7.49. The van der Waals surface area contributed by atoms with Crippen molar-refractivity contribution in [1.29, 1.82) is 0 Å². The van der Waals surface area contributed by atoms with E-state index in [4.69, 9.17) is 4.74 Å². The maximum Gasteiger partial charge on any atom is 0.260 e. The quantitative estimate of drug-likeness (QED) is 0.817. The van der Waals surface area contributed by atoms with Gasteiger partial charge in [0, 0.05) is 18.5 Å². The summed E-state index contributed by atoms with van der Waals surface area (Å²) >= 11 is 1.72. The van der Waals surface area contributed by atoms with E-state index in [9.17, 15) is 4.79 Å². The summed E-state index contributed by atoms with van der Waals surface area (Å²) in [5, 5.41) is 2.05. The maximum atomic E-state index is 11.9. The first kappa shape index (κ1) is 14.6. The van der Waals surface area contributed by atoms with Gasteiger partial charge in [0.25, 0.3) is 5.91 Å². The predicted molar refractivity (Wildman–Crippen MR) is 82.3 cm³/mol. The smallest absolute Gasteiger partial charge is 0.260 e. The van der Waals surface area contributed by atoms with Crippen LogP contribution in [0.5, 0.6) is 5.75 Å². The Morgan fingerprint density at radius 3 is 2.65 bits per heavy atom. The van der Waals surface area contributed by atoms with E-state index in [-0.39, 0.29) is 12.5 Å². The number of ether oxygens (including phenoxy) is 1. The lowest BCUT2D eigenvalue weighted by molar-refractivity contribution is -0.132. The monoisotopic (exact) mass is 289 g/mol. The third kappa shape index (κ3) is 4.38. The number of aryl methyl sites for hydroxylation is 1. The van der Waals surface area contributed by atoms with Crippen LogP contribution in [0.1, 0.15) is 10.4 Å². The molecule has 0 fully saturated rings. The topological polar surface area (TPSA) is 29.5 Å². The number of amides is 1. The average molecular weight is 289 g/mol. The standard InChI is InChI=1S/C16H19NO2S/c1-13-5-7-14(8-6-13)19-12-16(18)17(2)10-9-15-4-3-11-20-15/h3-8,11H,9-10,12H2,1-2H3. The van der Waals surface area contributed by atoms with Gasteiger partial charge in [-0.15, -0.1) is 11.3 Å². The van der Waals surface area contributed by atoms with Crippen LogP contribution in [0.4, 0.5) is 0 Å². The van der Waals surface area contributed by atoms with Crippen molar-refractivity contribution in [1.82, 2.24) is 4.90 Å². The van der Waals surface area contributed by atoms with Gasteiger partial charge in [-0.1, -0.05) is 23.8 Å². The van der Waals surface area contributed by atoms with Crippen molar-refractivity contribution >= 4 is 17.2 Å². The number of hydrogen-bond donors (Lipinski definition) is 0. The SMILES string of the molecule is Cc1ccc(OCC(=O)N(C)CCc2cccs2)cc1. The highest BCUT2D eigenvalue weighted by molar-refractivity contribution is 7.09. The second kappa shape index (κ2) is 7.10. The van der Waals surface area contributed by atoms with E-state index in [0.717, 1.165) is 18.7 Å². The Hall–Kier alpha value is -1.81. The fourth-order valence-corrected chi connectivity index (χ4v) is 2.45. The van der Waals surface area contributed by atoms with Gasteiger partial charge >= 0.3 is 0 Å². The van der Waals surface area contributed by atoms with E-state index in [0.29, 0.717) is 0 Å². The molecule has 0 saturated heterocycles. The van der Waals surface area contributed by atoms with Crippen LogP contribution in [0, 0.1) is 6.92 Å². The molecule has 0 bridgehead atoms. The van der Waals surface area contributed by atoms with Crippen molar-refractivity contribution < 1.29 is 9.53 Å². The summed E-state index contributed by atoms with van der Waals surface area (Å²) in [4.78, 5) is 15.0. The number of nitrogens with zero attached hydrogens (tertiary/aromatic N) is 1. The highest BCUT2D eigenvalue weighted by Crippen LogP contribution is 2.12. The molecule has 0 atom stereocenters. The lowest BCUT2D eigenvalue weighted by Gasteiger charge is -2.17. The Balaban J connectivity index is 1.74. The lowest BCUT2D eigenvalue weighted by atomic mass is 10.2. The Morgan fingerprint density at radius 2 is 2.00 bits per heavy atom. The minimum atomic E-state index is 0.00197. The molecular formula is C16H19NO2S. The van der Waals surface area contributed by atoms with Crippen LogP contribution in [0.2, 0.25) is 0 Å². The largest absolute Gasteiger partial charge is 0.484 e. The number of hydrogen-bond acceptors (Lipinski definition) is 3. The molecule has 2 rings (SSSR count). The molecule has 0 aliphatic carbocycles. The molecule has 0 spiro atoms. The van der Waals surface area contributed by atoms with Crippen LogP contribution in [0.15, 0.2) is 41.8 Å². The summed E-state index contributed by atoms with van der Waals surface area (Å²) in [6, 6.07) is 11.8. The molecule has 0 radical (unpaired) electrons.